The average Bonchev–Trinajstić information content (AvgIpc) is 2.40. The van der Waals surface area contributed by atoms with Crippen molar-refractivity contribution in [3.8, 4) is 6.07 Å². The first-order valence-electron chi connectivity index (χ1n) is 5.54. The first-order chi connectivity index (χ1) is 9.13. The van der Waals surface area contributed by atoms with Crippen LogP contribution in [0, 0.1) is 17.1 Å². The molecule has 0 radical (unpaired) electrons. The maximum Gasteiger partial charge on any atom is 0.124 e. The number of hydrogen-bond donors (Lipinski definition) is 1. The fourth-order valence-electron chi connectivity index (χ4n) is 1.73. The first-order valence-corrected chi connectivity index (χ1v) is 5.92. The molecule has 0 aliphatic heterocycles. The fourth-order valence-corrected chi connectivity index (χ4v) is 2.00. The summed E-state index contributed by atoms with van der Waals surface area (Å²) >= 11 is 5.95. The van der Waals surface area contributed by atoms with Crippen molar-refractivity contribution >= 4 is 22.9 Å². The maximum absolute atomic E-state index is 13.0. The van der Waals surface area contributed by atoms with Gasteiger partial charge in [0.2, 0.25) is 0 Å². The highest BCUT2D eigenvalue weighted by Crippen LogP contribution is 2.27. The third kappa shape index (κ3) is 2.75. The molecule has 0 aliphatic rings. The van der Waals surface area contributed by atoms with Crippen molar-refractivity contribution in [3.63, 3.8) is 0 Å². The molecule has 4 heteroatoms. The largest absolute Gasteiger partial charge is 0.397 e. The molecular weight excluding hydrogens is 263 g/mol. The molecule has 2 aromatic carbocycles. The van der Waals surface area contributed by atoms with Crippen molar-refractivity contribution in [2.24, 2.45) is 5.73 Å². The Morgan fingerprint density at radius 2 is 1.84 bits per heavy atom. The number of hydrogen-bond acceptors (Lipinski definition) is 2. The molecule has 0 heterocycles. The molecule has 0 fully saturated rings. The smallest absolute Gasteiger partial charge is 0.124 e. The minimum absolute atomic E-state index is 0.182. The summed E-state index contributed by atoms with van der Waals surface area (Å²) in [6.07, 6.45) is 0. The molecule has 0 aromatic heterocycles. The fraction of sp³-hybridized carbons (Fsp3) is 0. The van der Waals surface area contributed by atoms with Crippen molar-refractivity contribution < 1.29 is 4.39 Å². The number of benzene rings is 2. The minimum Gasteiger partial charge on any atom is -0.397 e. The number of halogens is 2. The van der Waals surface area contributed by atoms with Crippen molar-refractivity contribution in [2.75, 3.05) is 0 Å². The zero-order valence-electron chi connectivity index (χ0n) is 9.90. The predicted molar refractivity (Wildman–Crippen MR) is 74.5 cm³/mol. The Labute approximate surface area is 115 Å². The second kappa shape index (κ2) is 5.55. The van der Waals surface area contributed by atoms with Crippen molar-refractivity contribution in [3.05, 3.63) is 70.5 Å². The Morgan fingerprint density at radius 3 is 2.42 bits per heavy atom. The average molecular weight is 273 g/mol. The van der Waals surface area contributed by atoms with Gasteiger partial charge in [0.25, 0.3) is 0 Å². The minimum atomic E-state index is -0.445. The Morgan fingerprint density at radius 1 is 1.16 bits per heavy atom. The van der Waals surface area contributed by atoms with Crippen molar-refractivity contribution in [2.45, 2.75) is 0 Å². The van der Waals surface area contributed by atoms with Gasteiger partial charge in [0, 0.05) is 5.56 Å². The second-order valence-corrected chi connectivity index (χ2v) is 4.30. The van der Waals surface area contributed by atoms with Crippen LogP contribution < -0.4 is 5.73 Å². The molecule has 2 N–H and O–H groups in total. The molecule has 19 heavy (non-hydrogen) atoms. The van der Waals surface area contributed by atoms with E-state index in [2.05, 4.69) is 6.07 Å². The van der Waals surface area contributed by atoms with Crippen LogP contribution in [-0.4, -0.2) is 0 Å². The van der Waals surface area contributed by atoms with Crippen LogP contribution in [-0.2, 0) is 0 Å². The molecule has 0 atom stereocenters. The van der Waals surface area contributed by atoms with E-state index in [1.54, 1.807) is 12.1 Å². The van der Waals surface area contributed by atoms with Gasteiger partial charge in [0.05, 0.1) is 16.3 Å². The van der Waals surface area contributed by atoms with E-state index in [-0.39, 0.29) is 10.7 Å². The molecule has 0 aliphatic carbocycles. The highest BCUT2D eigenvalue weighted by molar-refractivity contribution is 6.32. The van der Waals surface area contributed by atoms with E-state index in [0.717, 1.165) is 0 Å². The van der Waals surface area contributed by atoms with Crippen LogP contribution >= 0.6 is 11.6 Å². The monoisotopic (exact) mass is 272 g/mol. The van der Waals surface area contributed by atoms with Gasteiger partial charge in [0.15, 0.2) is 0 Å². The Hall–Kier alpha value is -2.31. The molecule has 2 rings (SSSR count). The van der Waals surface area contributed by atoms with Gasteiger partial charge in [-0.15, -0.1) is 0 Å². The summed E-state index contributed by atoms with van der Waals surface area (Å²) in [5, 5.41) is 9.43. The van der Waals surface area contributed by atoms with E-state index < -0.39 is 5.82 Å². The van der Waals surface area contributed by atoms with Gasteiger partial charge < -0.3 is 5.73 Å². The van der Waals surface area contributed by atoms with E-state index in [9.17, 15) is 9.65 Å². The normalized spacial score (nSPS) is 11.6. The lowest BCUT2D eigenvalue weighted by molar-refractivity contribution is 0.628. The number of nitrogens with two attached hydrogens (primary N) is 1. The Bertz CT molecular complexity index is 672. The molecule has 0 saturated carbocycles. The summed E-state index contributed by atoms with van der Waals surface area (Å²) in [6, 6.07) is 15.0. The highest BCUT2D eigenvalue weighted by Gasteiger charge is 2.11. The van der Waals surface area contributed by atoms with Gasteiger partial charge in [0.1, 0.15) is 11.9 Å². The van der Waals surface area contributed by atoms with Crippen LogP contribution in [0.1, 0.15) is 11.1 Å². The third-order valence-electron chi connectivity index (χ3n) is 2.66. The lowest BCUT2D eigenvalue weighted by atomic mass is 10.0. The molecule has 0 saturated heterocycles. The molecule has 0 unspecified atom stereocenters. The molecule has 0 spiro atoms. The number of rotatable bonds is 2. The third-order valence-corrected chi connectivity index (χ3v) is 2.98. The van der Waals surface area contributed by atoms with Gasteiger partial charge in [-0.25, -0.2) is 4.39 Å². The summed E-state index contributed by atoms with van der Waals surface area (Å²) in [5.74, 6) is -0.445. The van der Waals surface area contributed by atoms with E-state index in [1.807, 2.05) is 18.2 Å². The van der Waals surface area contributed by atoms with Gasteiger partial charge >= 0.3 is 0 Å². The lowest BCUT2D eigenvalue weighted by Gasteiger charge is -2.08. The van der Waals surface area contributed by atoms with Crippen LogP contribution in [0.25, 0.3) is 11.3 Å². The zero-order valence-corrected chi connectivity index (χ0v) is 10.7. The van der Waals surface area contributed by atoms with Crippen LogP contribution in [0.2, 0.25) is 5.02 Å². The van der Waals surface area contributed by atoms with E-state index >= 15 is 0 Å². The van der Waals surface area contributed by atoms with Crippen LogP contribution in [0.4, 0.5) is 4.39 Å². The Balaban J connectivity index is 2.59. The Kier molecular flexibility index (Phi) is 3.84. The number of nitriles is 1. The van der Waals surface area contributed by atoms with Gasteiger partial charge in [-0.2, -0.15) is 5.26 Å². The van der Waals surface area contributed by atoms with E-state index in [1.165, 1.54) is 18.2 Å². The van der Waals surface area contributed by atoms with Crippen LogP contribution in [0.5, 0.6) is 0 Å². The molecule has 2 nitrogen and oxygen atoms in total. The first kappa shape index (κ1) is 13.1. The second-order valence-electron chi connectivity index (χ2n) is 3.89. The van der Waals surface area contributed by atoms with Crippen LogP contribution in [0.15, 0.2) is 48.5 Å². The molecule has 94 valence electrons. The summed E-state index contributed by atoms with van der Waals surface area (Å²) < 4.78 is 13.0. The summed E-state index contributed by atoms with van der Waals surface area (Å²) in [7, 11) is 0. The summed E-state index contributed by atoms with van der Waals surface area (Å²) in [4.78, 5) is 0. The van der Waals surface area contributed by atoms with Gasteiger partial charge in [-0.1, -0.05) is 41.9 Å². The summed E-state index contributed by atoms with van der Waals surface area (Å²) in [6.45, 7) is 0. The maximum atomic E-state index is 13.0. The number of allylic oxidation sites excluding steroid dienone is 1. The quantitative estimate of drug-likeness (QED) is 0.667. The molecule has 0 amide bonds. The van der Waals surface area contributed by atoms with E-state index in [0.29, 0.717) is 16.7 Å². The highest BCUT2D eigenvalue weighted by atomic mass is 35.5. The molecule has 2 aromatic rings. The SMILES string of the molecule is N#C/C(=C(/N)c1ccc(F)cc1Cl)c1ccccc1. The molecule has 0 bridgehead atoms. The molecular formula is C15H10ClFN2. The van der Waals surface area contributed by atoms with Gasteiger partial charge in [-0.3, -0.25) is 0 Å². The van der Waals surface area contributed by atoms with Gasteiger partial charge in [-0.05, 0) is 23.8 Å². The number of nitrogens with zero attached hydrogens (tertiary/aromatic N) is 1. The standard InChI is InChI=1S/C15H10ClFN2/c16-14-8-11(17)6-7-12(14)15(19)13(9-18)10-4-2-1-3-5-10/h1-8H,19H2/b15-13-. The van der Waals surface area contributed by atoms with Crippen LogP contribution in [0.3, 0.4) is 0 Å². The van der Waals surface area contributed by atoms with Crippen molar-refractivity contribution in [1.29, 1.82) is 5.26 Å². The predicted octanol–water partition coefficient (Wildman–Crippen LogP) is 3.83. The van der Waals surface area contributed by atoms with E-state index in [4.69, 9.17) is 17.3 Å². The lowest BCUT2D eigenvalue weighted by Crippen LogP contribution is -2.01. The summed E-state index contributed by atoms with van der Waals surface area (Å²) in [5.41, 5.74) is 7.68. The zero-order chi connectivity index (χ0) is 13.8. The topological polar surface area (TPSA) is 49.8 Å². The van der Waals surface area contributed by atoms with Crippen molar-refractivity contribution in [1.82, 2.24) is 0 Å².